The fraction of sp³-hybridized carbons (Fsp3) is 0.381. The Labute approximate surface area is 194 Å². The van der Waals surface area contributed by atoms with Crippen molar-refractivity contribution < 1.29 is 4.79 Å². The molecule has 1 saturated heterocycles. The van der Waals surface area contributed by atoms with Gasteiger partial charge in [-0.2, -0.15) is 0 Å². The third kappa shape index (κ3) is 7.50. The third-order valence-electron chi connectivity index (χ3n) is 4.64. The Morgan fingerprint density at radius 3 is 2.72 bits per heavy atom. The Morgan fingerprint density at radius 2 is 2.00 bits per heavy atom. The van der Waals surface area contributed by atoms with E-state index in [1.165, 1.54) is 11.3 Å². The first-order chi connectivity index (χ1) is 13.8. The number of nitrogens with zero attached hydrogens (tertiary/aromatic N) is 3. The molecule has 6 nitrogen and oxygen atoms in total. The highest BCUT2D eigenvalue weighted by atomic mass is 127. The van der Waals surface area contributed by atoms with Crippen LogP contribution in [0.15, 0.2) is 64.7 Å². The van der Waals surface area contributed by atoms with Crippen molar-refractivity contribution >= 4 is 47.6 Å². The molecule has 1 unspecified atom stereocenters. The molecule has 1 fully saturated rings. The van der Waals surface area contributed by atoms with Gasteiger partial charge in [0.05, 0.1) is 5.56 Å². The van der Waals surface area contributed by atoms with E-state index in [4.69, 9.17) is 0 Å². The van der Waals surface area contributed by atoms with Crippen molar-refractivity contribution in [1.29, 1.82) is 0 Å². The highest BCUT2D eigenvalue weighted by Gasteiger charge is 2.24. The van der Waals surface area contributed by atoms with Gasteiger partial charge in [-0.1, -0.05) is 18.2 Å². The first kappa shape index (κ1) is 23.5. The van der Waals surface area contributed by atoms with Crippen molar-refractivity contribution in [3.63, 3.8) is 0 Å². The Kier molecular flexibility index (Phi) is 10.3. The summed E-state index contributed by atoms with van der Waals surface area (Å²) in [5, 5.41) is 6.25. The van der Waals surface area contributed by atoms with Crippen LogP contribution in [0.4, 0.5) is 0 Å². The number of amides is 1. The van der Waals surface area contributed by atoms with E-state index in [1.807, 2.05) is 18.8 Å². The maximum atomic E-state index is 12.0. The van der Waals surface area contributed by atoms with E-state index in [-0.39, 0.29) is 29.9 Å². The second-order valence-corrected chi connectivity index (χ2v) is 7.79. The van der Waals surface area contributed by atoms with Crippen LogP contribution in [0.1, 0.15) is 16.8 Å². The predicted molar refractivity (Wildman–Crippen MR) is 130 cm³/mol. The zero-order valence-corrected chi connectivity index (χ0v) is 19.7. The van der Waals surface area contributed by atoms with Crippen LogP contribution in [-0.2, 0) is 0 Å². The molecular formula is C21H28IN5OS. The Hall–Kier alpha value is -1.81. The average Bonchev–Trinajstić information content (AvgIpc) is 3.22. The van der Waals surface area contributed by atoms with Crippen molar-refractivity contribution in [2.45, 2.75) is 11.3 Å². The quantitative estimate of drug-likeness (QED) is 0.191. The predicted octanol–water partition coefficient (Wildman–Crippen LogP) is 3.12. The standard InChI is InChI=1S/C21H27N5OS.HI/c1-22-21(25-12-11-24-20(27)18-6-5-10-23-14-18)26-13-9-17(15-26)16-28-19-7-3-2-4-8-19;/h2-8,10,14,17H,9,11-13,15-16H2,1H3,(H,22,25)(H,24,27);1H. The van der Waals surface area contributed by atoms with E-state index in [0.29, 0.717) is 24.6 Å². The molecule has 1 atom stereocenters. The van der Waals surface area contributed by atoms with Gasteiger partial charge in [-0.15, -0.1) is 35.7 Å². The lowest BCUT2D eigenvalue weighted by Gasteiger charge is -2.21. The number of carbonyl (C=O) groups excluding carboxylic acids is 1. The highest BCUT2D eigenvalue weighted by Crippen LogP contribution is 2.25. The maximum Gasteiger partial charge on any atom is 0.252 e. The van der Waals surface area contributed by atoms with Crippen LogP contribution in [-0.4, -0.2) is 60.7 Å². The normalized spacial score (nSPS) is 16.2. The fourth-order valence-electron chi connectivity index (χ4n) is 3.17. The van der Waals surface area contributed by atoms with Gasteiger partial charge in [-0.3, -0.25) is 14.8 Å². The van der Waals surface area contributed by atoms with Gasteiger partial charge >= 0.3 is 0 Å². The summed E-state index contributed by atoms with van der Waals surface area (Å²) >= 11 is 1.92. The molecule has 0 radical (unpaired) electrons. The molecule has 0 spiro atoms. The number of hydrogen-bond acceptors (Lipinski definition) is 4. The molecular weight excluding hydrogens is 497 g/mol. The largest absolute Gasteiger partial charge is 0.354 e. The van der Waals surface area contributed by atoms with Gasteiger partial charge < -0.3 is 15.5 Å². The minimum absolute atomic E-state index is 0. The maximum absolute atomic E-state index is 12.0. The van der Waals surface area contributed by atoms with Gasteiger partial charge in [0.15, 0.2) is 5.96 Å². The molecule has 1 amide bonds. The summed E-state index contributed by atoms with van der Waals surface area (Å²) in [5.41, 5.74) is 0.574. The first-order valence-corrected chi connectivity index (χ1v) is 10.6. The number of thioether (sulfide) groups is 1. The summed E-state index contributed by atoms with van der Waals surface area (Å²) < 4.78 is 0. The summed E-state index contributed by atoms with van der Waals surface area (Å²) in [6.45, 7) is 3.20. The molecule has 3 rings (SSSR count). The molecule has 2 aromatic rings. The molecule has 1 aliphatic rings. The number of hydrogen-bond donors (Lipinski definition) is 2. The lowest BCUT2D eigenvalue weighted by molar-refractivity contribution is 0.0954. The second-order valence-electron chi connectivity index (χ2n) is 6.70. The SMILES string of the molecule is CN=C(NCCNC(=O)c1cccnc1)N1CCC(CSc2ccccc2)C1.I. The smallest absolute Gasteiger partial charge is 0.252 e. The van der Waals surface area contributed by atoms with E-state index < -0.39 is 0 Å². The number of aromatic nitrogens is 1. The van der Waals surface area contributed by atoms with Gasteiger partial charge in [-0.05, 0) is 36.6 Å². The number of halogens is 1. The molecule has 29 heavy (non-hydrogen) atoms. The van der Waals surface area contributed by atoms with Gasteiger partial charge in [0.25, 0.3) is 5.91 Å². The second kappa shape index (κ2) is 12.7. The Balaban J connectivity index is 0.00000300. The number of carbonyl (C=O) groups is 1. The number of benzene rings is 1. The number of aliphatic imine (C=N–C) groups is 1. The first-order valence-electron chi connectivity index (χ1n) is 9.58. The highest BCUT2D eigenvalue weighted by molar-refractivity contribution is 14.0. The van der Waals surface area contributed by atoms with E-state index in [2.05, 4.69) is 55.8 Å². The fourth-order valence-corrected chi connectivity index (χ4v) is 4.22. The van der Waals surface area contributed by atoms with Gasteiger partial charge in [0.2, 0.25) is 0 Å². The summed E-state index contributed by atoms with van der Waals surface area (Å²) in [6.07, 6.45) is 4.40. The minimum atomic E-state index is -0.107. The molecule has 156 valence electrons. The van der Waals surface area contributed by atoms with Crippen molar-refractivity contribution in [3.05, 3.63) is 60.4 Å². The van der Waals surface area contributed by atoms with Gasteiger partial charge in [0.1, 0.15) is 0 Å². The van der Waals surface area contributed by atoms with E-state index in [1.54, 1.807) is 24.5 Å². The van der Waals surface area contributed by atoms with Gasteiger partial charge in [-0.25, -0.2) is 0 Å². The molecule has 0 saturated carbocycles. The number of rotatable bonds is 7. The number of guanidine groups is 1. The Bertz CT molecular complexity index is 775. The van der Waals surface area contributed by atoms with Crippen molar-refractivity contribution in [2.24, 2.45) is 10.9 Å². The molecule has 1 aliphatic heterocycles. The van der Waals surface area contributed by atoms with Crippen molar-refractivity contribution in [1.82, 2.24) is 20.5 Å². The number of pyridine rings is 1. The zero-order valence-electron chi connectivity index (χ0n) is 16.6. The molecule has 8 heteroatoms. The van der Waals surface area contributed by atoms with Gasteiger partial charge in [0, 0.05) is 56.3 Å². The van der Waals surface area contributed by atoms with Crippen LogP contribution in [0, 0.1) is 5.92 Å². The van der Waals surface area contributed by atoms with Crippen LogP contribution in [0.2, 0.25) is 0 Å². The lowest BCUT2D eigenvalue weighted by atomic mass is 10.2. The Morgan fingerprint density at radius 1 is 1.21 bits per heavy atom. The zero-order chi connectivity index (χ0) is 19.6. The third-order valence-corrected chi connectivity index (χ3v) is 5.89. The van der Waals surface area contributed by atoms with Crippen LogP contribution in [0.25, 0.3) is 0 Å². The molecule has 2 heterocycles. The minimum Gasteiger partial charge on any atom is -0.354 e. The van der Waals surface area contributed by atoms with Crippen LogP contribution < -0.4 is 10.6 Å². The molecule has 1 aromatic heterocycles. The van der Waals surface area contributed by atoms with Crippen molar-refractivity contribution in [3.8, 4) is 0 Å². The summed E-state index contributed by atoms with van der Waals surface area (Å²) in [5.74, 6) is 2.58. The van der Waals surface area contributed by atoms with Crippen LogP contribution in [0.3, 0.4) is 0 Å². The van der Waals surface area contributed by atoms with E-state index in [9.17, 15) is 4.79 Å². The monoisotopic (exact) mass is 525 g/mol. The van der Waals surface area contributed by atoms with E-state index in [0.717, 1.165) is 24.8 Å². The lowest BCUT2D eigenvalue weighted by Crippen LogP contribution is -2.43. The van der Waals surface area contributed by atoms with E-state index >= 15 is 0 Å². The molecule has 0 bridgehead atoms. The van der Waals surface area contributed by atoms with Crippen molar-refractivity contribution in [2.75, 3.05) is 39.0 Å². The molecule has 0 aliphatic carbocycles. The average molecular weight is 525 g/mol. The van der Waals surface area contributed by atoms with Crippen LogP contribution in [0.5, 0.6) is 0 Å². The summed E-state index contributed by atoms with van der Waals surface area (Å²) in [7, 11) is 1.81. The molecule has 2 N–H and O–H groups in total. The number of likely N-dealkylation sites (tertiary alicyclic amines) is 1. The van der Waals surface area contributed by atoms with Crippen LogP contribution >= 0.6 is 35.7 Å². The topological polar surface area (TPSA) is 69.6 Å². The summed E-state index contributed by atoms with van der Waals surface area (Å²) in [6, 6.07) is 14.1. The number of nitrogens with one attached hydrogen (secondary N) is 2. The summed E-state index contributed by atoms with van der Waals surface area (Å²) in [4.78, 5) is 24.0. The molecule has 1 aromatic carbocycles.